The van der Waals surface area contributed by atoms with Crippen LogP contribution in [0.1, 0.15) is 28.7 Å². The van der Waals surface area contributed by atoms with Crippen molar-refractivity contribution < 1.29 is 17.9 Å². The predicted octanol–water partition coefficient (Wildman–Crippen LogP) is 4.69. The maximum Gasteiger partial charge on any atom is 0.417 e. The SMILES string of the molecule is Cc1ccc(Oc2ccc(C(F)(F)F)cn2)c2c1CCC2. The molecule has 5 heteroatoms. The lowest BCUT2D eigenvalue weighted by Gasteiger charge is -2.12. The molecular weight excluding hydrogens is 279 g/mol. The van der Waals surface area contributed by atoms with E-state index < -0.39 is 11.7 Å². The monoisotopic (exact) mass is 293 g/mol. The van der Waals surface area contributed by atoms with Gasteiger partial charge in [0.15, 0.2) is 0 Å². The van der Waals surface area contributed by atoms with Crippen molar-refractivity contribution in [2.24, 2.45) is 0 Å². The molecule has 0 N–H and O–H groups in total. The van der Waals surface area contributed by atoms with Crippen molar-refractivity contribution in [3.63, 3.8) is 0 Å². The summed E-state index contributed by atoms with van der Waals surface area (Å²) in [5.41, 5.74) is 2.90. The third kappa shape index (κ3) is 2.73. The zero-order valence-corrected chi connectivity index (χ0v) is 11.5. The van der Waals surface area contributed by atoms with Crippen LogP contribution < -0.4 is 4.74 Å². The summed E-state index contributed by atoms with van der Waals surface area (Å²) in [7, 11) is 0. The maximum absolute atomic E-state index is 12.5. The summed E-state index contributed by atoms with van der Waals surface area (Å²) in [6, 6.07) is 6.07. The molecule has 1 aromatic heterocycles. The lowest BCUT2D eigenvalue weighted by molar-refractivity contribution is -0.137. The number of ether oxygens (including phenoxy) is 1. The number of fused-ring (bicyclic) bond motifs is 1. The Morgan fingerprint density at radius 1 is 1.05 bits per heavy atom. The van der Waals surface area contributed by atoms with E-state index in [0.717, 1.165) is 37.1 Å². The zero-order valence-electron chi connectivity index (χ0n) is 11.5. The Hall–Kier alpha value is -2.04. The van der Waals surface area contributed by atoms with Crippen molar-refractivity contribution in [2.75, 3.05) is 0 Å². The number of alkyl halides is 3. The molecule has 0 amide bonds. The summed E-state index contributed by atoms with van der Waals surface area (Å²) in [6.07, 6.45) is -0.539. The van der Waals surface area contributed by atoms with Gasteiger partial charge in [0.05, 0.1) is 5.56 Å². The molecule has 0 atom stereocenters. The zero-order chi connectivity index (χ0) is 15.0. The molecule has 0 saturated carbocycles. The topological polar surface area (TPSA) is 22.1 Å². The highest BCUT2D eigenvalue weighted by Gasteiger charge is 2.30. The number of aryl methyl sites for hydroxylation is 1. The summed E-state index contributed by atoms with van der Waals surface area (Å²) in [6.45, 7) is 2.06. The fourth-order valence-corrected chi connectivity index (χ4v) is 2.67. The van der Waals surface area contributed by atoms with Crippen molar-refractivity contribution in [2.45, 2.75) is 32.4 Å². The molecule has 0 unspecified atom stereocenters. The summed E-state index contributed by atoms with van der Waals surface area (Å²) < 4.78 is 43.1. The Kier molecular flexibility index (Phi) is 3.35. The second-order valence-corrected chi connectivity index (χ2v) is 5.18. The van der Waals surface area contributed by atoms with Gasteiger partial charge in [-0.1, -0.05) is 6.07 Å². The van der Waals surface area contributed by atoms with Crippen LogP contribution >= 0.6 is 0 Å². The summed E-state index contributed by atoms with van der Waals surface area (Å²) in [5, 5.41) is 0. The highest BCUT2D eigenvalue weighted by Crippen LogP contribution is 2.35. The summed E-state index contributed by atoms with van der Waals surface area (Å²) in [5.74, 6) is 0.876. The molecular formula is C16H14F3NO. The Balaban J connectivity index is 1.86. The molecule has 3 rings (SSSR count). The molecule has 1 heterocycles. The molecule has 110 valence electrons. The molecule has 0 fully saturated rings. The Morgan fingerprint density at radius 2 is 1.81 bits per heavy atom. The number of nitrogens with zero attached hydrogens (tertiary/aromatic N) is 1. The van der Waals surface area contributed by atoms with Crippen LogP contribution in [0, 0.1) is 6.92 Å². The van der Waals surface area contributed by atoms with Crippen LogP contribution in [-0.2, 0) is 19.0 Å². The first kappa shape index (κ1) is 13.9. The molecule has 0 bridgehead atoms. The van der Waals surface area contributed by atoms with E-state index >= 15 is 0 Å². The first-order valence-electron chi connectivity index (χ1n) is 6.77. The van der Waals surface area contributed by atoms with Crippen LogP contribution in [0.5, 0.6) is 11.6 Å². The van der Waals surface area contributed by atoms with E-state index in [-0.39, 0.29) is 5.88 Å². The number of rotatable bonds is 2. The second kappa shape index (κ2) is 5.06. The van der Waals surface area contributed by atoms with Gasteiger partial charge in [-0.15, -0.1) is 0 Å². The largest absolute Gasteiger partial charge is 0.439 e. The molecule has 0 spiro atoms. The van der Waals surface area contributed by atoms with E-state index in [2.05, 4.69) is 11.9 Å². The van der Waals surface area contributed by atoms with E-state index in [1.807, 2.05) is 12.1 Å². The van der Waals surface area contributed by atoms with Gasteiger partial charge in [-0.05, 0) is 55.0 Å². The van der Waals surface area contributed by atoms with Gasteiger partial charge in [-0.25, -0.2) is 4.98 Å². The third-order valence-corrected chi connectivity index (χ3v) is 3.75. The fourth-order valence-electron chi connectivity index (χ4n) is 2.67. The standard InChI is InChI=1S/C16H14F3NO/c1-10-5-7-14(13-4-2-3-12(10)13)21-15-8-6-11(9-20-15)16(17,18)19/h5-9H,2-4H2,1H3. The highest BCUT2D eigenvalue weighted by molar-refractivity contribution is 5.48. The lowest BCUT2D eigenvalue weighted by Crippen LogP contribution is -2.05. The maximum atomic E-state index is 12.5. The molecule has 2 aromatic rings. The fraction of sp³-hybridized carbons (Fsp3) is 0.312. The van der Waals surface area contributed by atoms with Crippen molar-refractivity contribution in [3.05, 3.63) is 52.7 Å². The second-order valence-electron chi connectivity index (χ2n) is 5.18. The molecule has 0 saturated heterocycles. The Morgan fingerprint density at radius 3 is 2.48 bits per heavy atom. The third-order valence-electron chi connectivity index (χ3n) is 3.75. The molecule has 1 aliphatic carbocycles. The molecule has 0 aliphatic heterocycles. The number of hydrogen-bond donors (Lipinski definition) is 0. The number of hydrogen-bond acceptors (Lipinski definition) is 2. The quantitative estimate of drug-likeness (QED) is 0.801. The number of pyridine rings is 1. The number of benzene rings is 1. The van der Waals surface area contributed by atoms with Gasteiger partial charge in [0, 0.05) is 12.3 Å². The van der Waals surface area contributed by atoms with Crippen molar-refractivity contribution in [3.8, 4) is 11.6 Å². The van der Waals surface area contributed by atoms with Gasteiger partial charge in [0.2, 0.25) is 5.88 Å². The van der Waals surface area contributed by atoms with Crippen LogP contribution in [-0.4, -0.2) is 4.98 Å². The van der Waals surface area contributed by atoms with Crippen molar-refractivity contribution >= 4 is 0 Å². The van der Waals surface area contributed by atoms with Crippen LogP contribution in [0.4, 0.5) is 13.2 Å². The van der Waals surface area contributed by atoms with E-state index in [4.69, 9.17) is 4.74 Å². The van der Waals surface area contributed by atoms with E-state index in [9.17, 15) is 13.2 Å². The number of aromatic nitrogens is 1. The van der Waals surface area contributed by atoms with Crippen LogP contribution in [0.3, 0.4) is 0 Å². The van der Waals surface area contributed by atoms with Gasteiger partial charge in [0.25, 0.3) is 0 Å². The minimum atomic E-state index is -4.38. The van der Waals surface area contributed by atoms with Gasteiger partial charge in [-0.3, -0.25) is 0 Å². The van der Waals surface area contributed by atoms with Gasteiger partial charge < -0.3 is 4.74 Å². The molecule has 1 aromatic carbocycles. The van der Waals surface area contributed by atoms with Crippen molar-refractivity contribution in [1.82, 2.24) is 4.98 Å². The molecule has 21 heavy (non-hydrogen) atoms. The smallest absolute Gasteiger partial charge is 0.417 e. The average Bonchev–Trinajstić information content (AvgIpc) is 2.92. The number of halogens is 3. The lowest BCUT2D eigenvalue weighted by atomic mass is 10.0. The highest BCUT2D eigenvalue weighted by atomic mass is 19.4. The Bertz CT molecular complexity index is 662. The first-order valence-corrected chi connectivity index (χ1v) is 6.77. The average molecular weight is 293 g/mol. The van der Waals surface area contributed by atoms with Crippen molar-refractivity contribution in [1.29, 1.82) is 0 Å². The molecule has 0 radical (unpaired) electrons. The van der Waals surface area contributed by atoms with Crippen LogP contribution in [0.25, 0.3) is 0 Å². The van der Waals surface area contributed by atoms with Crippen LogP contribution in [0.15, 0.2) is 30.5 Å². The Labute approximate surface area is 120 Å². The van der Waals surface area contributed by atoms with Gasteiger partial charge in [-0.2, -0.15) is 13.2 Å². The normalized spacial score (nSPS) is 14.1. The first-order chi connectivity index (χ1) is 9.95. The predicted molar refractivity (Wildman–Crippen MR) is 72.5 cm³/mol. The minimum absolute atomic E-state index is 0.181. The van der Waals surface area contributed by atoms with E-state index in [1.165, 1.54) is 17.2 Å². The van der Waals surface area contributed by atoms with Gasteiger partial charge in [0.1, 0.15) is 5.75 Å². The summed E-state index contributed by atoms with van der Waals surface area (Å²) >= 11 is 0. The van der Waals surface area contributed by atoms with Crippen LogP contribution in [0.2, 0.25) is 0 Å². The minimum Gasteiger partial charge on any atom is -0.439 e. The molecule has 2 nitrogen and oxygen atoms in total. The van der Waals surface area contributed by atoms with E-state index in [0.29, 0.717) is 5.75 Å². The summed E-state index contributed by atoms with van der Waals surface area (Å²) in [4.78, 5) is 3.75. The molecule has 1 aliphatic rings. The van der Waals surface area contributed by atoms with Gasteiger partial charge >= 0.3 is 6.18 Å². The van der Waals surface area contributed by atoms with E-state index in [1.54, 1.807) is 0 Å².